The summed E-state index contributed by atoms with van der Waals surface area (Å²) in [5.41, 5.74) is 8.00. The number of carbonyl (C=O) groups is 2. The number of hydrogen-bond acceptors (Lipinski definition) is 4. The molecule has 27 heavy (non-hydrogen) atoms. The molecule has 0 radical (unpaired) electrons. The fraction of sp³-hybridized carbons (Fsp3) is 0.739. The molecular weight excluding hydrogens is 338 g/mol. The van der Waals surface area contributed by atoms with E-state index in [-0.39, 0.29) is 28.5 Å². The first-order chi connectivity index (χ1) is 12.7. The molecule has 0 bridgehead atoms. The second-order valence-electron chi connectivity index (χ2n) is 9.86. The van der Waals surface area contributed by atoms with Crippen LogP contribution in [0.1, 0.15) is 59.3 Å². The Bertz CT molecular complexity index is 738. The molecule has 0 saturated heterocycles. The lowest BCUT2D eigenvalue weighted by molar-refractivity contribution is -0.149. The Morgan fingerprint density at radius 3 is 2.67 bits per heavy atom. The molecule has 2 fully saturated rings. The minimum atomic E-state index is -0.0704. The molecule has 0 aromatic rings. The van der Waals surface area contributed by atoms with Gasteiger partial charge in [0, 0.05) is 6.42 Å². The van der Waals surface area contributed by atoms with Crippen molar-refractivity contribution in [3.05, 3.63) is 23.4 Å². The molecule has 4 aliphatic rings. The second-order valence-corrected chi connectivity index (χ2v) is 9.86. The highest BCUT2D eigenvalue weighted by atomic mass is 16.5. The minimum Gasteiger partial charge on any atom is -0.469 e. The summed E-state index contributed by atoms with van der Waals surface area (Å²) in [7, 11) is 1.50. The van der Waals surface area contributed by atoms with Crippen LogP contribution in [0.3, 0.4) is 0 Å². The van der Waals surface area contributed by atoms with Crippen LogP contribution in [0.25, 0.3) is 0 Å². The zero-order valence-corrected chi connectivity index (χ0v) is 17.1. The highest BCUT2D eigenvalue weighted by molar-refractivity contribution is 5.97. The average molecular weight is 372 g/mol. The molecule has 1 unspecified atom stereocenters. The standard InChI is InChI=1S/C23H33NO3/c1-13(21(26)27-4)15-7-8-16-14-5-6-18-20(24)19(25)10-12-23(18,3)17(14)9-11-22(15,16)2/h5-6,13-17H,7-12,24H2,1-4H3/t13?,14-,15+,16-,17-,22+,23+/m0/s1. The van der Waals surface area contributed by atoms with Gasteiger partial charge in [0.15, 0.2) is 5.78 Å². The van der Waals surface area contributed by atoms with E-state index in [0.717, 1.165) is 31.3 Å². The molecule has 0 amide bonds. The molecular formula is C23H33NO3. The summed E-state index contributed by atoms with van der Waals surface area (Å²) in [4.78, 5) is 24.4. The Hall–Kier alpha value is -1.58. The third-order valence-corrected chi connectivity index (χ3v) is 8.96. The Balaban J connectivity index is 1.68. The van der Waals surface area contributed by atoms with Gasteiger partial charge in [-0.25, -0.2) is 0 Å². The third-order valence-electron chi connectivity index (χ3n) is 8.96. The van der Waals surface area contributed by atoms with Gasteiger partial charge < -0.3 is 10.5 Å². The van der Waals surface area contributed by atoms with E-state index in [4.69, 9.17) is 10.5 Å². The molecule has 7 atom stereocenters. The van der Waals surface area contributed by atoms with Gasteiger partial charge in [-0.3, -0.25) is 9.59 Å². The van der Waals surface area contributed by atoms with Crippen LogP contribution in [0, 0.1) is 40.4 Å². The van der Waals surface area contributed by atoms with Crippen molar-refractivity contribution in [1.29, 1.82) is 0 Å². The summed E-state index contributed by atoms with van der Waals surface area (Å²) < 4.78 is 5.06. The number of ether oxygens (including phenoxy) is 1. The van der Waals surface area contributed by atoms with Gasteiger partial charge in [0.2, 0.25) is 0 Å². The van der Waals surface area contributed by atoms with E-state index in [1.807, 2.05) is 6.92 Å². The van der Waals surface area contributed by atoms with Crippen LogP contribution in [0.4, 0.5) is 0 Å². The van der Waals surface area contributed by atoms with Crippen LogP contribution >= 0.6 is 0 Å². The van der Waals surface area contributed by atoms with Crippen molar-refractivity contribution in [3.63, 3.8) is 0 Å². The summed E-state index contributed by atoms with van der Waals surface area (Å²) in [6, 6.07) is 0. The molecule has 4 aliphatic carbocycles. The Morgan fingerprint density at radius 2 is 1.96 bits per heavy atom. The van der Waals surface area contributed by atoms with Crippen LogP contribution in [0.5, 0.6) is 0 Å². The minimum absolute atomic E-state index is 0.0186. The fourth-order valence-electron chi connectivity index (χ4n) is 7.39. The van der Waals surface area contributed by atoms with E-state index < -0.39 is 0 Å². The number of ketones is 1. The lowest BCUT2D eigenvalue weighted by Gasteiger charge is -2.56. The van der Waals surface area contributed by atoms with Crippen molar-refractivity contribution in [1.82, 2.24) is 0 Å². The van der Waals surface area contributed by atoms with E-state index in [1.165, 1.54) is 13.5 Å². The first-order valence-corrected chi connectivity index (χ1v) is 10.5. The summed E-state index contributed by atoms with van der Waals surface area (Å²) in [5, 5.41) is 0. The van der Waals surface area contributed by atoms with Gasteiger partial charge in [-0.05, 0) is 72.2 Å². The predicted octanol–water partition coefficient (Wildman–Crippen LogP) is 4.01. The van der Waals surface area contributed by atoms with Crippen LogP contribution in [-0.4, -0.2) is 18.9 Å². The number of methoxy groups -OCH3 is 1. The Morgan fingerprint density at radius 1 is 1.22 bits per heavy atom. The average Bonchev–Trinajstić information content (AvgIpc) is 3.01. The van der Waals surface area contributed by atoms with Gasteiger partial charge in [0.1, 0.15) is 0 Å². The first kappa shape index (κ1) is 18.8. The normalized spacial score (nSPS) is 44.4. The molecule has 4 heteroatoms. The summed E-state index contributed by atoms with van der Waals surface area (Å²) >= 11 is 0. The van der Waals surface area contributed by atoms with Crippen LogP contribution in [0.2, 0.25) is 0 Å². The zero-order valence-electron chi connectivity index (χ0n) is 17.1. The van der Waals surface area contributed by atoms with E-state index in [9.17, 15) is 9.59 Å². The number of nitrogens with two attached hydrogens (primary N) is 1. The second kappa shape index (κ2) is 6.22. The van der Waals surface area contributed by atoms with Crippen molar-refractivity contribution >= 4 is 11.8 Å². The maximum atomic E-state index is 12.2. The number of fused-ring (bicyclic) bond motifs is 5. The molecule has 148 valence electrons. The molecule has 0 heterocycles. The predicted molar refractivity (Wildman–Crippen MR) is 104 cm³/mol. The van der Waals surface area contributed by atoms with Gasteiger partial charge in [-0.1, -0.05) is 32.9 Å². The SMILES string of the molecule is COC(=O)C(C)[C@H]1CC[C@H]2[C@@H]3C=CC4=C(N)C(=O)CC[C@]4(C)[C@H]3CC[C@]12C. The van der Waals surface area contributed by atoms with Gasteiger partial charge >= 0.3 is 5.97 Å². The highest BCUT2D eigenvalue weighted by Gasteiger charge is 2.59. The monoisotopic (exact) mass is 371 g/mol. The smallest absolute Gasteiger partial charge is 0.308 e. The lowest BCUT2D eigenvalue weighted by atomic mass is 9.48. The molecule has 4 nitrogen and oxygen atoms in total. The van der Waals surface area contributed by atoms with Gasteiger partial charge in [-0.15, -0.1) is 0 Å². The molecule has 2 N–H and O–H groups in total. The highest BCUT2D eigenvalue weighted by Crippen LogP contribution is 2.66. The molecule has 0 aliphatic heterocycles. The van der Waals surface area contributed by atoms with Gasteiger partial charge in [-0.2, -0.15) is 0 Å². The molecule has 4 rings (SSSR count). The Labute approximate surface area is 162 Å². The molecule has 0 spiro atoms. The quantitative estimate of drug-likeness (QED) is 0.745. The van der Waals surface area contributed by atoms with Gasteiger partial charge in [0.05, 0.1) is 18.7 Å². The number of allylic oxidation sites excluding steroid dienone is 4. The lowest BCUT2D eigenvalue weighted by Crippen LogP contribution is -2.50. The largest absolute Gasteiger partial charge is 0.469 e. The number of hydrogen-bond donors (Lipinski definition) is 1. The summed E-state index contributed by atoms with van der Waals surface area (Å²) in [6.07, 6.45) is 10.6. The Kier molecular flexibility index (Phi) is 4.32. The van der Waals surface area contributed by atoms with Crippen molar-refractivity contribution in [3.8, 4) is 0 Å². The number of carbonyl (C=O) groups excluding carboxylic acids is 2. The van der Waals surface area contributed by atoms with E-state index in [0.29, 0.717) is 35.8 Å². The topological polar surface area (TPSA) is 69.4 Å². The van der Waals surface area contributed by atoms with Crippen molar-refractivity contribution < 1.29 is 14.3 Å². The van der Waals surface area contributed by atoms with E-state index in [2.05, 4.69) is 26.0 Å². The zero-order chi connectivity index (χ0) is 19.6. The van der Waals surface area contributed by atoms with Crippen LogP contribution in [0.15, 0.2) is 23.4 Å². The number of esters is 1. The van der Waals surface area contributed by atoms with Crippen LogP contribution < -0.4 is 5.73 Å². The molecule has 0 aromatic heterocycles. The van der Waals surface area contributed by atoms with Crippen molar-refractivity contribution in [2.45, 2.75) is 59.3 Å². The van der Waals surface area contributed by atoms with Gasteiger partial charge in [0.25, 0.3) is 0 Å². The number of rotatable bonds is 2. The summed E-state index contributed by atoms with van der Waals surface area (Å²) in [6.45, 7) is 6.78. The maximum Gasteiger partial charge on any atom is 0.308 e. The molecule has 2 saturated carbocycles. The first-order valence-electron chi connectivity index (χ1n) is 10.5. The van der Waals surface area contributed by atoms with Crippen molar-refractivity contribution in [2.24, 2.45) is 46.2 Å². The third kappa shape index (κ3) is 2.48. The van der Waals surface area contributed by atoms with E-state index >= 15 is 0 Å². The summed E-state index contributed by atoms with van der Waals surface area (Å²) in [5.74, 6) is 2.07. The van der Waals surface area contributed by atoms with E-state index in [1.54, 1.807) is 0 Å². The van der Waals surface area contributed by atoms with Crippen LogP contribution in [-0.2, 0) is 14.3 Å². The van der Waals surface area contributed by atoms with Crippen molar-refractivity contribution in [2.75, 3.05) is 7.11 Å². The maximum absolute atomic E-state index is 12.2. The number of Topliss-reactive ketones (excluding diaryl/α,β-unsaturated/α-hetero) is 1. The molecule has 0 aromatic carbocycles. The fourth-order valence-corrected chi connectivity index (χ4v) is 7.39.